The number of benzene rings is 2. The maximum atomic E-state index is 14.9. The summed E-state index contributed by atoms with van der Waals surface area (Å²) < 4.78 is 40.3. The molecule has 226 valence electrons. The minimum absolute atomic E-state index is 0.0739. The molecule has 0 amide bonds. The highest BCUT2D eigenvalue weighted by Crippen LogP contribution is 2.39. The molecular formula is C32H30FN5O4S2. The number of nitrogens with two attached hydrogens (primary N) is 1. The first-order chi connectivity index (χ1) is 21.0. The normalized spacial score (nSPS) is 13.5. The van der Waals surface area contributed by atoms with Crippen molar-refractivity contribution >= 4 is 27.3 Å². The number of sulfonamides is 1. The molecular weight excluding hydrogens is 602 g/mol. The zero-order valence-electron chi connectivity index (χ0n) is 24.1. The van der Waals surface area contributed by atoms with Crippen LogP contribution in [0.15, 0.2) is 71.2 Å². The van der Waals surface area contributed by atoms with Gasteiger partial charge in [-0.2, -0.15) is 5.10 Å². The van der Waals surface area contributed by atoms with E-state index in [9.17, 15) is 22.7 Å². The van der Waals surface area contributed by atoms with Gasteiger partial charge in [-0.15, -0.1) is 11.3 Å². The monoisotopic (exact) mass is 631 g/mol. The smallest absolute Gasteiger partial charge is 0.355 e. The quantitative estimate of drug-likeness (QED) is 0.187. The SMILES string of the molecule is CC(C)c1ccc(-c2cncc(-c3nn(-c4nc(C(=O)O)cs4)c(CC4CC4)c3Cc3ccc(S(N)(=O)=O)c(F)c3)c2)cc1. The molecule has 2 aromatic carbocycles. The molecule has 6 rings (SSSR count). The maximum Gasteiger partial charge on any atom is 0.355 e. The zero-order chi connectivity index (χ0) is 31.2. The predicted octanol–water partition coefficient (Wildman–Crippen LogP) is 6.21. The van der Waals surface area contributed by atoms with Gasteiger partial charge in [0.2, 0.25) is 15.2 Å². The number of primary sulfonamides is 1. The van der Waals surface area contributed by atoms with Crippen molar-refractivity contribution in [1.29, 1.82) is 0 Å². The van der Waals surface area contributed by atoms with Gasteiger partial charge < -0.3 is 5.11 Å². The summed E-state index contributed by atoms with van der Waals surface area (Å²) in [6.45, 7) is 4.29. The van der Waals surface area contributed by atoms with E-state index in [0.29, 0.717) is 34.6 Å². The first kappa shape index (κ1) is 29.8. The van der Waals surface area contributed by atoms with Crippen molar-refractivity contribution in [3.8, 4) is 27.5 Å². The molecule has 3 N–H and O–H groups in total. The highest BCUT2D eigenvalue weighted by Gasteiger charge is 2.30. The Labute approximate surface area is 258 Å². The Morgan fingerprint density at radius 1 is 1.09 bits per heavy atom. The number of rotatable bonds is 10. The lowest BCUT2D eigenvalue weighted by molar-refractivity contribution is 0.0691. The molecule has 12 heteroatoms. The molecule has 3 aromatic heterocycles. The first-order valence-electron chi connectivity index (χ1n) is 14.1. The number of nitrogens with zero attached hydrogens (tertiary/aromatic N) is 4. The van der Waals surface area contributed by atoms with Crippen LogP contribution in [0, 0.1) is 11.7 Å². The maximum absolute atomic E-state index is 14.9. The zero-order valence-corrected chi connectivity index (χ0v) is 25.7. The Hall–Kier alpha value is -4.26. The van der Waals surface area contributed by atoms with Gasteiger partial charge in [-0.1, -0.05) is 44.2 Å². The molecule has 0 atom stereocenters. The van der Waals surface area contributed by atoms with Crippen molar-refractivity contribution in [2.24, 2.45) is 11.1 Å². The second-order valence-electron chi connectivity index (χ2n) is 11.4. The fourth-order valence-corrected chi connectivity index (χ4v) is 6.56. The molecule has 0 radical (unpaired) electrons. The molecule has 1 saturated carbocycles. The minimum atomic E-state index is -4.22. The second-order valence-corrected chi connectivity index (χ2v) is 13.7. The van der Waals surface area contributed by atoms with Crippen LogP contribution in [0.25, 0.3) is 27.5 Å². The molecule has 0 spiro atoms. The van der Waals surface area contributed by atoms with Crippen LogP contribution in [-0.2, 0) is 22.9 Å². The largest absolute Gasteiger partial charge is 0.476 e. The number of hydrogen-bond donors (Lipinski definition) is 2. The number of pyridine rings is 1. The van der Waals surface area contributed by atoms with Gasteiger partial charge in [0, 0.05) is 40.9 Å². The van der Waals surface area contributed by atoms with Crippen LogP contribution < -0.4 is 5.14 Å². The number of carbonyl (C=O) groups is 1. The lowest BCUT2D eigenvalue weighted by Crippen LogP contribution is -2.14. The number of aromatic carboxylic acids is 1. The number of thiazole rings is 1. The number of hydrogen-bond acceptors (Lipinski definition) is 7. The van der Waals surface area contributed by atoms with Gasteiger partial charge in [0.25, 0.3) is 0 Å². The Morgan fingerprint density at radius 3 is 2.43 bits per heavy atom. The summed E-state index contributed by atoms with van der Waals surface area (Å²) in [5.74, 6) is -1.22. The van der Waals surface area contributed by atoms with Crippen molar-refractivity contribution < 1.29 is 22.7 Å². The average molecular weight is 632 g/mol. The van der Waals surface area contributed by atoms with E-state index < -0.39 is 26.7 Å². The van der Waals surface area contributed by atoms with E-state index in [1.807, 2.05) is 6.07 Å². The Morgan fingerprint density at radius 2 is 1.82 bits per heavy atom. The summed E-state index contributed by atoms with van der Waals surface area (Å²) in [5, 5.41) is 21.6. The Kier molecular flexibility index (Phi) is 7.91. The van der Waals surface area contributed by atoms with E-state index in [1.165, 1.54) is 34.4 Å². The van der Waals surface area contributed by atoms with Crippen LogP contribution in [0.3, 0.4) is 0 Å². The van der Waals surface area contributed by atoms with Gasteiger partial charge >= 0.3 is 5.97 Å². The molecule has 1 aliphatic rings. The van der Waals surface area contributed by atoms with E-state index in [1.54, 1.807) is 23.1 Å². The molecule has 0 bridgehead atoms. The molecule has 3 heterocycles. The summed E-state index contributed by atoms with van der Waals surface area (Å²) in [6.07, 6.45) is 6.53. The van der Waals surface area contributed by atoms with Gasteiger partial charge in [-0.3, -0.25) is 4.98 Å². The van der Waals surface area contributed by atoms with Crippen molar-refractivity contribution in [2.45, 2.75) is 50.3 Å². The molecule has 44 heavy (non-hydrogen) atoms. The van der Waals surface area contributed by atoms with Crippen LogP contribution in [0.2, 0.25) is 0 Å². The number of aromatic nitrogens is 4. The summed E-state index contributed by atoms with van der Waals surface area (Å²) in [7, 11) is -4.22. The molecule has 1 aliphatic carbocycles. The van der Waals surface area contributed by atoms with E-state index in [2.05, 4.69) is 48.1 Å². The highest BCUT2D eigenvalue weighted by atomic mass is 32.2. The molecule has 9 nitrogen and oxygen atoms in total. The van der Waals surface area contributed by atoms with E-state index >= 15 is 0 Å². The average Bonchev–Trinajstić information content (AvgIpc) is 3.54. The Bertz CT molecular complexity index is 1980. The summed E-state index contributed by atoms with van der Waals surface area (Å²) in [5.41, 5.74) is 6.57. The van der Waals surface area contributed by atoms with Crippen LogP contribution >= 0.6 is 11.3 Å². The van der Waals surface area contributed by atoms with Gasteiger partial charge in [0.1, 0.15) is 10.7 Å². The molecule has 0 saturated heterocycles. The minimum Gasteiger partial charge on any atom is -0.476 e. The van der Waals surface area contributed by atoms with Crippen molar-refractivity contribution in [2.75, 3.05) is 0 Å². The van der Waals surface area contributed by atoms with Crippen LogP contribution in [0.5, 0.6) is 0 Å². The summed E-state index contributed by atoms with van der Waals surface area (Å²) in [6, 6.07) is 14.2. The van der Waals surface area contributed by atoms with Gasteiger partial charge in [0.05, 0.1) is 11.4 Å². The van der Waals surface area contributed by atoms with Gasteiger partial charge in [0.15, 0.2) is 5.69 Å². The summed E-state index contributed by atoms with van der Waals surface area (Å²) in [4.78, 5) is 19.9. The lowest BCUT2D eigenvalue weighted by Gasteiger charge is -2.10. The van der Waals surface area contributed by atoms with Crippen molar-refractivity contribution in [3.63, 3.8) is 0 Å². The third-order valence-corrected chi connectivity index (χ3v) is 9.53. The fraction of sp³-hybridized carbons (Fsp3) is 0.250. The standard InChI is InChI=1S/C32H30FN5O4S2/c1-18(2)21-6-8-22(9-7-21)23-14-24(16-35-15-23)30-25(11-20-5-10-29(26(33)12-20)44(34,41)42)28(13-19-3-4-19)38(37-30)32-36-27(17-43-32)31(39)40/h5-10,12,14-19H,3-4,11,13H2,1-2H3,(H,39,40)(H2,34,41,42). The number of carboxylic acids is 1. The summed E-state index contributed by atoms with van der Waals surface area (Å²) >= 11 is 1.18. The van der Waals surface area contributed by atoms with E-state index in [4.69, 9.17) is 10.2 Å². The Balaban J connectivity index is 1.50. The lowest BCUT2D eigenvalue weighted by atomic mass is 9.95. The van der Waals surface area contributed by atoms with Gasteiger partial charge in [-0.05, 0) is 66.0 Å². The number of carboxylic acid groups (broad SMARTS) is 1. The second kappa shape index (κ2) is 11.7. The molecule has 1 fully saturated rings. The van der Waals surface area contributed by atoms with Crippen LogP contribution in [0.1, 0.15) is 65.5 Å². The first-order valence-corrected chi connectivity index (χ1v) is 16.6. The van der Waals surface area contributed by atoms with E-state index in [-0.39, 0.29) is 12.1 Å². The third-order valence-electron chi connectivity index (χ3n) is 7.77. The fourth-order valence-electron chi connectivity index (χ4n) is 5.20. The number of halogens is 1. The van der Waals surface area contributed by atoms with Crippen LogP contribution in [0.4, 0.5) is 4.39 Å². The predicted molar refractivity (Wildman–Crippen MR) is 166 cm³/mol. The van der Waals surface area contributed by atoms with Crippen molar-refractivity contribution in [3.05, 3.63) is 100 Å². The van der Waals surface area contributed by atoms with E-state index in [0.717, 1.165) is 40.8 Å². The topological polar surface area (TPSA) is 141 Å². The van der Waals surface area contributed by atoms with Crippen LogP contribution in [-0.4, -0.2) is 39.2 Å². The molecule has 5 aromatic rings. The molecule has 0 aliphatic heterocycles. The highest BCUT2D eigenvalue weighted by molar-refractivity contribution is 7.89. The van der Waals surface area contributed by atoms with Crippen molar-refractivity contribution in [1.82, 2.24) is 19.7 Å². The molecule has 0 unspecified atom stereocenters. The third kappa shape index (κ3) is 6.19. The van der Waals surface area contributed by atoms with Gasteiger partial charge in [-0.25, -0.2) is 32.4 Å².